The molecule has 0 spiro atoms. The monoisotopic (exact) mass is 398 g/mol. The van der Waals surface area contributed by atoms with E-state index in [4.69, 9.17) is 4.74 Å². The summed E-state index contributed by atoms with van der Waals surface area (Å²) >= 11 is 2.81. The molecule has 1 N–H and O–H groups in total. The van der Waals surface area contributed by atoms with Gasteiger partial charge < -0.3 is 4.74 Å². The van der Waals surface area contributed by atoms with Crippen molar-refractivity contribution < 1.29 is 14.3 Å². The topological polar surface area (TPSA) is 68.3 Å². The number of ether oxygens (including phenoxy) is 1. The fourth-order valence-electron chi connectivity index (χ4n) is 2.98. The molecule has 0 saturated carbocycles. The van der Waals surface area contributed by atoms with Gasteiger partial charge in [-0.2, -0.15) is 0 Å². The van der Waals surface area contributed by atoms with Crippen molar-refractivity contribution in [2.24, 2.45) is 0 Å². The van der Waals surface area contributed by atoms with Crippen LogP contribution in [0.4, 0.5) is 5.13 Å². The van der Waals surface area contributed by atoms with E-state index in [9.17, 15) is 9.59 Å². The van der Waals surface area contributed by atoms with Crippen molar-refractivity contribution in [1.82, 2.24) is 4.98 Å². The number of esters is 1. The fraction of sp³-hybridized carbons (Fsp3) is 0.250. The first-order valence-electron chi connectivity index (χ1n) is 8.69. The average Bonchev–Trinajstić information content (AvgIpc) is 3.36. The van der Waals surface area contributed by atoms with Crippen LogP contribution in [-0.4, -0.2) is 23.5 Å². The third-order valence-corrected chi connectivity index (χ3v) is 6.35. The SMILES string of the molecule is Cc1ccc(-c2csc(NC(=O)COC(=O)c3cc4c(s3)CCC4)n2)cc1. The van der Waals surface area contributed by atoms with Crippen molar-refractivity contribution in [2.75, 3.05) is 11.9 Å². The Bertz CT molecular complexity index is 968. The summed E-state index contributed by atoms with van der Waals surface area (Å²) in [7, 11) is 0. The number of aryl methyl sites for hydroxylation is 3. The molecule has 2 heterocycles. The molecule has 1 amide bonds. The number of nitrogens with zero attached hydrogens (tertiary/aromatic N) is 1. The first-order chi connectivity index (χ1) is 13.1. The van der Waals surface area contributed by atoms with Crippen molar-refractivity contribution in [3.8, 4) is 11.3 Å². The van der Waals surface area contributed by atoms with Crippen LogP contribution in [0.5, 0.6) is 0 Å². The van der Waals surface area contributed by atoms with Gasteiger partial charge in [0.2, 0.25) is 0 Å². The van der Waals surface area contributed by atoms with Crippen LogP contribution in [-0.2, 0) is 22.4 Å². The van der Waals surface area contributed by atoms with Crippen molar-refractivity contribution in [3.05, 3.63) is 56.6 Å². The number of carbonyl (C=O) groups excluding carboxylic acids is 2. The van der Waals surface area contributed by atoms with E-state index in [-0.39, 0.29) is 6.61 Å². The minimum atomic E-state index is -0.441. The van der Waals surface area contributed by atoms with Gasteiger partial charge in [0.1, 0.15) is 4.88 Å². The Labute approximate surface area is 165 Å². The minimum Gasteiger partial charge on any atom is -0.451 e. The van der Waals surface area contributed by atoms with Crippen LogP contribution < -0.4 is 5.32 Å². The Morgan fingerprint density at radius 3 is 2.81 bits per heavy atom. The molecule has 0 bridgehead atoms. The molecule has 1 aliphatic carbocycles. The molecule has 7 heteroatoms. The van der Waals surface area contributed by atoms with E-state index < -0.39 is 11.9 Å². The molecular formula is C20H18N2O3S2. The summed E-state index contributed by atoms with van der Waals surface area (Å²) < 4.78 is 5.14. The zero-order valence-electron chi connectivity index (χ0n) is 14.8. The van der Waals surface area contributed by atoms with E-state index in [1.54, 1.807) is 0 Å². The van der Waals surface area contributed by atoms with Crippen LogP contribution in [0, 0.1) is 6.92 Å². The number of carbonyl (C=O) groups is 2. The summed E-state index contributed by atoms with van der Waals surface area (Å²) in [4.78, 5) is 30.4. The lowest BCUT2D eigenvalue weighted by molar-refractivity contribution is -0.119. The normalized spacial score (nSPS) is 12.6. The van der Waals surface area contributed by atoms with Crippen LogP contribution in [0.25, 0.3) is 11.3 Å². The lowest BCUT2D eigenvalue weighted by Gasteiger charge is -2.03. The van der Waals surface area contributed by atoms with Gasteiger partial charge >= 0.3 is 5.97 Å². The standard InChI is InChI=1S/C20H18N2O3S2/c1-12-5-7-13(8-6-12)15-11-26-20(21-15)22-18(23)10-25-19(24)17-9-14-3-2-4-16(14)27-17/h5-9,11H,2-4,10H2,1H3,(H,21,22,23). The number of benzene rings is 1. The maximum atomic E-state index is 12.1. The number of hydrogen-bond donors (Lipinski definition) is 1. The molecule has 4 rings (SSSR count). The van der Waals surface area contributed by atoms with Gasteiger partial charge in [0.15, 0.2) is 11.7 Å². The summed E-state index contributed by atoms with van der Waals surface area (Å²) in [5.74, 6) is -0.832. The third-order valence-electron chi connectivity index (χ3n) is 4.38. The molecule has 5 nitrogen and oxygen atoms in total. The van der Waals surface area contributed by atoms with Crippen LogP contribution in [0.1, 0.15) is 32.1 Å². The van der Waals surface area contributed by atoms with E-state index in [0.717, 1.165) is 30.5 Å². The van der Waals surface area contributed by atoms with Gasteiger partial charge in [-0.3, -0.25) is 10.1 Å². The molecule has 0 atom stereocenters. The number of rotatable bonds is 5. The third kappa shape index (κ3) is 4.09. The minimum absolute atomic E-state index is 0.319. The lowest BCUT2D eigenvalue weighted by atomic mass is 10.1. The first-order valence-corrected chi connectivity index (χ1v) is 10.4. The van der Waals surface area contributed by atoms with E-state index >= 15 is 0 Å². The molecular weight excluding hydrogens is 380 g/mol. The van der Waals surface area contributed by atoms with Gasteiger partial charge in [0, 0.05) is 15.8 Å². The van der Waals surface area contributed by atoms with Gasteiger partial charge in [0.05, 0.1) is 5.69 Å². The maximum absolute atomic E-state index is 12.1. The van der Waals surface area contributed by atoms with Crippen LogP contribution >= 0.6 is 22.7 Å². The molecule has 0 fully saturated rings. The molecule has 3 aromatic rings. The second kappa shape index (κ2) is 7.62. The number of thiophene rings is 1. The lowest BCUT2D eigenvalue weighted by Crippen LogP contribution is -2.20. The highest BCUT2D eigenvalue weighted by molar-refractivity contribution is 7.14. The van der Waals surface area contributed by atoms with Gasteiger partial charge in [-0.1, -0.05) is 29.8 Å². The van der Waals surface area contributed by atoms with E-state index in [1.807, 2.05) is 42.6 Å². The second-order valence-electron chi connectivity index (χ2n) is 6.44. The summed E-state index contributed by atoms with van der Waals surface area (Å²) in [6, 6.07) is 9.92. The Kier molecular flexibility index (Phi) is 5.05. The molecule has 0 radical (unpaired) electrons. The molecule has 27 heavy (non-hydrogen) atoms. The number of nitrogens with one attached hydrogen (secondary N) is 1. The molecule has 0 unspecified atom stereocenters. The highest BCUT2D eigenvalue weighted by Crippen LogP contribution is 2.31. The van der Waals surface area contributed by atoms with Crippen molar-refractivity contribution in [1.29, 1.82) is 0 Å². The highest BCUT2D eigenvalue weighted by atomic mass is 32.1. The Hall–Kier alpha value is -2.51. The quantitative estimate of drug-likeness (QED) is 0.644. The van der Waals surface area contributed by atoms with Gasteiger partial charge in [-0.25, -0.2) is 9.78 Å². The predicted octanol–water partition coefficient (Wildman–Crippen LogP) is 4.46. The molecule has 138 valence electrons. The Morgan fingerprint density at radius 1 is 1.22 bits per heavy atom. The summed E-state index contributed by atoms with van der Waals surface area (Å²) in [6.07, 6.45) is 3.20. The summed E-state index contributed by atoms with van der Waals surface area (Å²) in [5.41, 5.74) is 4.22. The van der Waals surface area contributed by atoms with Crippen LogP contribution in [0.15, 0.2) is 35.7 Å². The number of fused-ring (bicyclic) bond motifs is 1. The zero-order chi connectivity index (χ0) is 18.8. The van der Waals surface area contributed by atoms with Gasteiger partial charge in [0.25, 0.3) is 5.91 Å². The molecule has 2 aromatic heterocycles. The first kappa shape index (κ1) is 17.9. The van der Waals surface area contributed by atoms with Gasteiger partial charge in [-0.05, 0) is 37.8 Å². The molecule has 0 saturated heterocycles. The van der Waals surface area contributed by atoms with Crippen molar-refractivity contribution in [3.63, 3.8) is 0 Å². The Morgan fingerprint density at radius 2 is 2.04 bits per heavy atom. The Balaban J connectivity index is 1.31. The predicted molar refractivity (Wildman–Crippen MR) is 108 cm³/mol. The van der Waals surface area contributed by atoms with E-state index in [0.29, 0.717) is 10.0 Å². The summed E-state index contributed by atoms with van der Waals surface area (Å²) in [5, 5.41) is 5.06. The van der Waals surface area contributed by atoms with E-state index in [2.05, 4.69) is 10.3 Å². The van der Waals surface area contributed by atoms with E-state index in [1.165, 1.54) is 38.7 Å². The largest absolute Gasteiger partial charge is 0.451 e. The number of amides is 1. The van der Waals surface area contributed by atoms with Crippen molar-refractivity contribution >= 4 is 39.7 Å². The summed E-state index contributed by atoms with van der Waals surface area (Å²) in [6.45, 7) is 1.71. The number of hydrogen-bond acceptors (Lipinski definition) is 6. The van der Waals surface area contributed by atoms with Crippen LogP contribution in [0.2, 0.25) is 0 Å². The zero-order valence-corrected chi connectivity index (χ0v) is 16.4. The molecule has 0 aliphatic heterocycles. The molecule has 1 aromatic carbocycles. The fourth-order valence-corrected chi connectivity index (χ4v) is 4.86. The molecule has 1 aliphatic rings. The smallest absolute Gasteiger partial charge is 0.348 e. The number of aromatic nitrogens is 1. The number of anilines is 1. The van der Waals surface area contributed by atoms with Crippen LogP contribution in [0.3, 0.4) is 0 Å². The highest BCUT2D eigenvalue weighted by Gasteiger charge is 2.20. The second-order valence-corrected chi connectivity index (χ2v) is 8.44. The van der Waals surface area contributed by atoms with Gasteiger partial charge in [-0.15, -0.1) is 22.7 Å². The maximum Gasteiger partial charge on any atom is 0.348 e. The average molecular weight is 399 g/mol. The number of thiazole rings is 1. The van der Waals surface area contributed by atoms with Crippen molar-refractivity contribution in [2.45, 2.75) is 26.2 Å².